The van der Waals surface area contributed by atoms with E-state index in [0.717, 1.165) is 17.1 Å². The number of aromatic nitrogens is 2. The quantitative estimate of drug-likeness (QED) is 0.158. The SMILES string of the molecule is c1ccc(-c2cccc3cccc(-c4ccc(N(c5cccc6sc7ccccc7c56)c5cccc6c5n5c7ccccc7c7ccc8c9ccccc9n6c8c75)cc4)c23)cc1. The smallest absolute Gasteiger partial charge is 0.0947 e. The lowest BCUT2D eigenvalue weighted by Gasteiger charge is -2.29. The van der Waals surface area contributed by atoms with Crippen LogP contribution in [0.3, 0.4) is 0 Å². The number of fused-ring (bicyclic) bond motifs is 13. The number of anilines is 3. The Morgan fingerprint density at radius 2 is 0.871 bits per heavy atom. The molecule has 14 rings (SSSR count). The minimum absolute atomic E-state index is 1.10. The van der Waals surface area contributed by atoms with Crippen molar-refractivity contribution in [2.24, 2.45) is 0 Å². The fraction of sp³-hybridized carbons (Fsp3) is 0. The molecular formula is C58H35N3S. The standard InChI is InChI=1S/C58H35N3S/c1-2-14-36(15-3-1)40-21-10-16-38-17-11-22-41(54(38)40)37-30-32-39(33-31-37)59(49-25-13-29-53-55(49)46-20-6-9-28-52(46)62-53)50-26-12-27-51-58(50)61-48-24-8-5-19-43(48)45-35-34-44-42-18-4-7-23-47(42)60(51)56(44)57(45)61/h1-35H. The lowest BCUT2D eigenvalue weighted by molar-refractivity contribution is 1.23. The van der Waals surface area contributed by atoms with Crippen molar-refractivity contribution in [1.82, 2.24) is 8.80 Å². The van der Waals surface area contributed by atoms with E-state index in [9.17, 15) is 0 Å². The number of thiophene rings is 1. The van der Waals surface area contributed by atoms with E-state index in [1.807, 2.05) is 11.3 Å². The molecule has 10 aromatic carbocycles. The van der Waals surface area contributed by atoms with Crippen LogP contribution in [0.4, 0.5) is 17.1 Å². The topological polar surface area (TPSA) is 12.1 Å². The lowest BCUT2D eigenvalue weighted by Crippen LogP contribution is -2.12. The van der Waals surface area contributed by atoms with Crippen LogP contribution in [-0.2, 0) is 0 Å². The number of hydrogen-bond donors (Lipinski definition) is 0. The molecule has 0 saturated heterocycles. The maximum absolute atomic E-state index is 2.56. The van der Waals surface area contributed by atoms with Crippen LogP contribution >= 0.6 is 11.3 Å². The fourth-order valence-electron chi connectivity index (χ4n) is 10.7. The Balaban J connectivity index is 1.09. The second-order valence-corrected chi connectivity index (χ2v) is 17.5. The van der Waals surface area contributed by atoms with Crippen molar-refractivity contribution in [3.05, 3.63) is 212 Å². The van der Waals surface area contributed by atoms with Crippen LogP contribution in [0.2, 0.25) is 0 Å². The summed E-state index contributed by atoms with van der Waals surface area (Å²) in [5.74, 6) is 0. The molecule has 0 aliphatic heterocycles. The van der Waals surface area contributed by atoms with E-state index in [0.29, 0.717) is 0 Å². The zero-order valence-electron chi connectivity index (χ0n) is 33.5. The largest absolute Gasteiger partial charge is 0.308 e. The second-order valence-electron chi connectivity index (χ2n) is 16.4. The Labute approximate surface area is 360 Å². The Hall–Kier alpha value is -7.92. The van der Waals surface area contributed by atoms with Crippen molar-refractivity contribution >= 4 is 114 Å². The third kappa shape index (κ3) is 4.59. The summed E-state index contributed by atoms with van der Waals surface area (Å²) in [5, 5.41) is 10.1. The van der Waals surface area contributed by atoms with E-state index in [1.54, 1.807) is 0 Å². The molecule has 0 amide bonds. The van der Waals surface area contributed by atoms with Crippen LogP contribution in [0.5, 0.6) is 0 Å². The van der Waals surface area contributed by atoms with Gasteiger partial charge in [-0.2, -0.15) is 0 Å². The highest BCUT2D eigenvalue weighted by atomic mass is 32.1. The molecule has 0 saturated carbocycles. The van der Waals surface area contributed by atoms with E-state index in [2.05, 4.69) is 226 Å². The Morgan fingerprint density at radius 1 is 0.323 bits per heavy atom. The first-order valence-electron chi connectivity index (χ1n) is 21.3. The van der Waals surface area contributed by atoms with Gasteiger partial charge in [0.25, 0.3) is 0 Å². The first-order chi connectivity index (χ1) is 30.8. The Kier molecular flexibility index (Phi) is 6.99. The molecule has 0 aliphatic rings. The normalized spacial score (nSPS) is 12.2. The highest BCUT2D eigenvalue weighted by molar-refractivity contribution is 7.26. The van der Waals surface area contributed by atoms with Crippen molar-refractivity contribution < 1.29 is 0 Å². The van der Waals surface area contributed by atoms with E-state index >= 15 is 0 Å². The van der Waals surface area contributed by atoms with Gasteiger partial charge in [0, 0.05) is 47.4 Å². The van der Waals surface area contributed by atoms with Gasteiger partial charge in [-0.25, -0.2) is 0 Å². The third-order valence-electron chi connectivity index (χ3n) is 13.2. The van der Waals surface area contributed by atoms with Crippen molar-refractivity contribution in [2.75, 3.05) is 4.90 Å². The van der Waals surface area contributed by atoms with Crippen LogP contribution in [0, 0.1) is 0 Å². The molecule has 0 radical (unpaired) electrons. The lowest BCUT2D eigenvalue weighted by atomic mass is 9.91. The van der Waals surface area contributed by atoms with Crippen LogP contribution in [0.25, 0.3) is 108 Å². The minimum atomic E-state index is 1.10. The van der Waals surface area contributed by atoms with Gasteiger partial charge in [-0.1, -0.05) is 158 Å². The molecule has 62 heavy (non-hydrogen) atoms. The van der Waals surface area contributed by atoms with E-state index < -0.39 is 0 Å². The maximum Gasteiger partial charge on any atom is 0.0947 e. The monoisotopic (exact) mass is 805 g/mol. The molecule has 4 heterocycles. The van der Waals surface area contributed by atoms with Gasteiger partial charge < -0.3 is 13.7 Å². The maximum atomic E-state index is 2.56. The molecule has 0 bridgehead atoms. The van der Waals surface area contributed by atoms with Crippen molar-refractivity contribution in [3.8, 4) is 22.3 Å². The third-order valence-corrected chi connectivity index (χ3v) is 14.4. The van der Waals surface area contributed by atoms with Crippen LogP contribution in [0.1, 0.15) is 0 Å². The van der Waals surface area contributed by atoms with E-state index in [1.165, 1.54) is 108 Å². The number of benzene rings is 10. The Morgan fingerprint density at radius 3 is 1.61 bits per heavy atom. The van der Waals surface area contributed by atoms with Crippen LogP contribution < -0.4 is 4.90 Å². The summed E-state index contributed by atoms with van der Waals surface area (Å²) in [6.45, 7) is 0. The zero-order valence-corrected chi connectivity index (χ0v) is 34.3. The second kappa shape index (κ2) is 12.8. The van der Waals surface area contributed by atoms with Crippen molar-refractivity contribution in [3.63, 3.8) is 0 Å². The van der Waals surface area contributed by atoms with Gasteiger partial charge in [-0.15, -0.1) is 11.3 Å². The highest BCUT2D eigenvalue weighted by Gasteiger charge is 2.26. The summed E-state index contributed by atoms with van der Waals surface area (Å²) in [6, 6.07) is 78.5. The van der Waals surface area contributed by atoms with E-state index in [-0.39, 0.29) is 0 Å². The van der Waals surface area contributed by atoms with Crippen LogP contribution in [-0.4, -0.2) is 8.80 Å². The Bertz CT molecular complexity index is 4090. The molecule has 0 atom stereocenters. The first-order valence-corrected chi connectivity index (χ1v) is 22.1. The molecule has 0 spiro atoms. The van der Waals surface area contributed by atoms with Gasteiger partial charge in [0.05, 0.1) is 44.5 Å². The summed E-state index contributed by atoms with van der Waals surface area (Å²) >= 11 is 1.87. The molecule has 0 aliphatic carbocycles. The fourth-order valence-corrected chi connectivity index (χ4v) is 11.8. The summed E-state index contributed by atoms with van der Waals surface area (Å²) in [6.07, 6.45) is 0. The first kappa shape index (κ1) is 33.9. The van der Waals surface area contributed by atoms with Crippen molar-refractivity contribution in [1.29, 1.82) is 0 Å². The molecule has 0 N–H and O–H groups in total. The van der Waals surface area contributed by atoms with Gasteiger partial charge in [0.15, 0.2) is 0 Å². The summed E-state index contributed by atoms with van der Waals surface area (Å²) in [5.41, 5.74) is 15.5. The van der Waals surface area contributed by atoms with Gasteiger partial charge >= 0.3 is 0 Å². The predicted molar refractivity (Wildman–Crippen MR) is 266 cm³/mol. The molecule has 3 nitrogen and oxygen atoms in total. The number of nitrogens with zero attached hydrogens (tertiary/aromatic N) is 3. The van der Waals surface area contributed by atoms with Gasteiger partial charge in [0.2, 0.25) is 0 Å². The summed E-state index contributed by atoms with van der Waals surface area (Å²) in [7, 11) is 0. The number of para-hydroxylation sites is 3. The van der Waals surface area contributed by atoms with Gasteiger partial charge in [-0.3, -0.25) is 0 Å². The molecule has 288 valence electrons. The highest BCUT2D eigenvalue weighted by Crippen LogP contribution is 2.49. The molecule has 4 aromatic heterocycles. The van der Waals surface area contributed by atoms with Gasteiger partial charge in [0.1, 0.15) is 0 Å². The zero-order chi connectivity index (χ0) is 40.5. The minimum Gasteiger partial charge on any atom is -0.308 e. The molecule has 4 heteroatoms. The number of rotatable bonds is 5. The summed E-state index contributed by atoms with van der Waals surface area (Å²) < 4.78 is 7.65. The van der Waals surface area contributed by atoms with E-state index in [4.69, 9.17) is 0 Å². The average molecular weight is 806 g/mol. The number of hydrogen-bond acceptors (Lipinski definition) is 2. The summed E-state index contributed by atoms with van der Waals surface area (Å²) in [4.78, 5) is 2.53. The molecule has 14 aromatic rings. The molecule has 0 fully saturated rings. The van der Waals surface area contributed by atoms with Gasteiger partial charge in [-0.05, 0) is 87.6 Å². The van der Waals surface area contributed by atoms with Crippen LogP contribution in [0.15, 0.2) is 212 Å². The van der Waals surface area contributed by atoms with Crippen molar-refractivity contribution in [2.45, 2.75) is 0 Å². The predicted octanol–water partition coefficient (Wildman–Crippen LogP) is 16.6. The molecular weight excluding hydrogens is 771 g/mol. The molecule has 0 unspecified atom stereocenters. The average Bonchev–Trinajstić information content (AvgIpc) is 4.00.